The van der Waals surface area contributed by atoms with Gasteiger partial charge in [0.2, 0.25) is 0 Å². The average molecular weight is 165 g/mol. The molecule has 0 bridgehead atoms. The van der Waals surface area contributed by atoms with Gasteiger partial charge in [0, 0.05) is 6.42 Å². The van der Waals surface area contributed by atoms with Crippen molar-refractivity contribution < 1.29 is 45.3 Å². The van der Waals surface area contributed by atoms with Crippen molar-refractivity contribution in [3.05, 3.63) is 12.7 Å². The van der Waals surface area contributed by atoms with Crippen LogP contribution in [0.4, 0.5) is 4.79 Å². The standard InChI is InChI=1S/C6H7NO3.Na.H/c1-2-3-4-5(8)7-6(9)10-4;;/h2,4H,1,3H2,(H,7,8,9);;/q;+1;-1. The van der Waals surface area contributed by atoms with Gasteiger partial charge in [-0.1, -0.05) is 6.08 Å². The van der Waals surface area contributed by atoms with Crippen LogP contribution in [0, 0.1) is 0 Å². The van der Waals surface area contributed by atoms with Crippen molar-refractivity contribution in [1.82, 2.24) is 5.32 Å². The van der Waals surface area contributed by atoms with Crippen molar-refractivity contribution in [3.63, 3.8) is 0 Å². The topological polar surface area (TPSA) is 55.4 Å². The smallest absolute Gasteiger partial charge is 1.00 e. The van der Waals surface area contributed by atoms with Gasteiger partial charge in [-0.05, 0) is 0 Å². The number of hydrogen-bond acceptors (Lipinski definition) is 3. The van der Waals surface area contributed by atoms with Crippen molar-refractivity contribution in [2.45, 2.75) is 12.5 Å². The maximum atomic E-state index is 10.7. The molecule has 56 valence electrons. The Morgan fingerprint density at radius 3 is 2.73 bits per heavy atom. The van der Waals surface area contributed by atoms with Gasteiger partial charge in [0.15, 0.2) is 6.10 Å². The molecule has 5 heteroatoms. The second-order valence-electron chi connectivity index (χ2n) is 1.91. The van der Waals surface area contributed by atoms with Gasteiger partial charge in [-0.2, -0.15) is 0 Å². The third-order valence-corrected chi connectivity index (χ3v) is 1.15. The van der Waals surface area contributed by atoms with E-state index in [1.165, 1.54) is 6.08 Å². The van der Waals surface area contributed by atoms with Gasteiger partial charge in [-0.3, -0.25) is 10.1 Å². The van der Waals surface area contributed by atoms with Crippen LogP contribution < -0.4 is 34.9 Å². The third-order valence-electron chi connectivity index (χ3n) is 1.15. The zero-order valence-corrected chi connectivity index (χ0v) is 8.29. The molecule has 1 saturated heterocycles. The second-order valence-corrected chi connectivity index (χ2v) is 1.91. The second kappa shape index (κ2) is 4.54. The Labute approximate surface area is 87.8 Å². The van der Waals surface area contributed by atoms with Crippen LogP contribution in [0.1, 0.15) is 7.85 Å². The summed E-state index contributed by atoms with van der Waals surface area (Å²) in [5.74, 6) is -0.384. The van der Waals surface area contributed by atoms with E-state index in [2.05, 4.69) is 11.3 Å². The van der Waals surface area contributed by atoms with E-state index in [1.807, 2.05) is 5.32 Å². The summed E-state index contributed by atoms with van der Waals surface area (Å²) in [6.07, 6.45) is 0.572. The molecule has 1 heterocycles. The van der Waals surface area contributed by atoms with Crippen LogP contribution in [-0.2, 0) is 9.53 Å². The largest absolute Gasteiger partial charge is 1.00 e. The molecule has 1 fully saturated rings. The molecule has 1 rings (SSSR count). The van der Waals surface area contributed by atoms with Gasteiger partial charge in [-0.25, -0.2) is 4.79 Å². The van der Waals surface area contributed by atoms with Crippen LogP contribution >= 0.6 is 0 Å². The fourth-order valence-corrected chi connectivity index (χ4v) is 0.700. The van der Waals surface area contributed by atoms with E-state index < -0.39 is 12.2 Å². The Hall–Kier alpha value is -0.320. The molecule has 0 aromatic rings. The summed E-state index contributed by atoms with van der Waals surface area (Å²) in [5.41, 5.74) is 0. The van der Waals surface area contributed by atoms with E-state index in [0.29, 0.717) is 6.42 Å². The van der Waals surface area contributed by atoms with Gasteiger partial charge >= 0.3 is 35.7 Å². The molecular formula is C6H8NNaO3. The summed E-state index contributed by atoms with van der Waals surface area (Å²) in [5, 5.41) is 2.00. The van der Waals surface area contributed by atoms with Crippen LogP contribution in [0.3, 0.4) is 0 Å². The number of rotatable bonds is 2. The molecule has 0 saturated carbocycles. The maximum Gasteiger partial charge on any atom is 1.00 e. The van der Waals surface area contributed by atoms with E-state index >= 15 is 0 Å². The quantitative estimate of drug-likeness (QED) is 0.358. The molecule has 0 aliphatic carbocycles. The fourth-order valence-electron chi connectivity index (χ4n) is 0.700. The predicted octanol–water partition coefficient (Wildman–Crippen LogP) is -2.69. The first-order valence-electron chi connectivity index (χ1n) is 2.86. The third kappa shape index (κ3) is 2.65. The molecule has 1 aliphatic rings. The van der Waals surface area contributed by atoms with E-state index in [0.717, 1.165) is 0 Å². The summed E-state index contributed by atoms with van der Waals surface area (Å²) < 4.78 is 4.54. The summed E-state index contributed by atoms with van der Waals surface area (Å²) in [6.45, 7) is 3.41. The number of nitrogens with one attached hydrogen (secondary N) is 1. The minimum atomic E-state index is -0.670. The molecule has 1 atom stereocenters. The molecule has 2 amide bonds. The molecule has 1 N–H and O–H groups in total. The summed E-state index contributed by atoms with van der Waals surface area (Å²) in [6, 6.07) is 0. The zero-order valence-electron chi connectivity index (χ0n) is 7.29. The minimum absolute atomic E-state index is 0. The fraction of sp³-hybridized carbons (Fsp3) is 0.333. The van der Waals surface area contributed by atoms with Crippen molar-refractivity contribution >= 4 is 12.0 Å². The molecular weight excluding hydrogens is 157 g/mol. The molecule has 0 spiro atoms. The number of amides is 2. The van der Waals surface area contributed by atoms with Gasteiger partial charge < -0.3 is 6.16 Å². The van der Waals surface area contributed by atoms with E-state index in [-0.39, 0.29) is 36.9 Å². The Bertz CT molecular complexity index is 197. The van der Waals surface area contributed by atoms with Gasteiger partial charge in [0.05, 0.1) is 0 Å². The first kappa shape index (κ1) is 10.7. The predicted molar refractivity (Wildman–Crippen MR) is 34.3 cm³/mol. The van der Waals surface area contributed by atoms with Crippen molar-refractivity contribution in [2.24, 2.45) is 0 Å². The number of carbonyl (C=O) groups excluding carboxylic acids is 2. The van der Waals surface area contributed by atoms with Gasteiger partial charge in [0.25, 0.3) is 5.91 Å². The first-order chi connectivity index (χ1) is 4.74. The zero-order chi connectivity index (χ0) is 7.56. The number of cyclic esters (lactones) is 1. The monoisotopic (exact) mass is 165 g/mol. The van der Waals surface area contributed by atoms with Crippen LogP contribution in [0.15, 0.2) is 12.7 Å². The Balaban J connectivity index is 0. The molecule has 1 unspecified atom stereocenters. The number of hydrogen-bond donors (Lipinski definition) is 1. The van der Waals surface area contributed by atoms with Crippen molar-refractivity contribution in [3.8, 4) is 0 Å². The number of carbonyl (C=O) groups is 2. The normalized spacial score (nSPS) is 21.6. The molecule has 4 nitrogen and oxygen atoms in total. The van der Waals surface area contributed by atoms with Crippen LogP contribution in [-0.4, -0.2) is 18.1 Å². The van der Waals surface area contributed by atoms with Crippen LogP contribution in [0.25, 0.3) is 0 Å². The molecule has 0 radical (unpaired) electrons. The Kier molecular flexibility index (Phi) is 4.40. The van der Waals surface area contributed by atoms with Crippen molar-refractivity contribution in [2.75, 3.05) is 0 Å². The Morgan fingerprint density at radius 2 is 2.36 bits per heavy atom. The van der Waals surface area contributed by atoms with Crippen molar-refractivity contribution in [1.29, 1.82) is 0 Å². The van der Waals surface area contributed by atoms with E-state index in [1.54, 1.807) is 0 Å². The summed E-state index contributed by atoms with van der Waals surface area (Å²) >= 11 is 0. The number of ether oxygens (including phenoxy) is 1. The number of alkyl carbamates (subject to hydrolysis) is 1. The first-order valence-corrected chi connectivity index (χ1v) is 2.86. The summed E-state index contributed by atoms with van der Waals surface area (Å²) in [7, 11) is 0. The van der Waals surface area contributed by atoms with Gasteiger partial charge in [-0.15, -0.1) is 6.58 Å². The molecule has 11 heavy (non-hydrogen) atoms. The SMILES string of the molecule is C=CCC1OC(=O)NC1=O.[H-].[Na+]. The van der Waals surface area contributed by atoms with E-state index in [9.17, 15) is 9.59 Å². The Morgan fingerprint density at radius 1 is 1.73 bits per heavy atom. The number of imide groups is 1. The van der Waals surface area contributed by atoms with Crippen LogP contribution in [0.5, 0.6) is 0 Å². The van der Waals surface area contributed by atoms with Gasteiger partial charge in [0.1, 0.15) is 0 Å². The molecule has 1 aliphatic heterocycles. The minimum Gasteiger partial charge on any atom is -1.00 e. The van der Waals surface area contributed by atoms with Crippen LogP contribution in [0.2, 0.25) is 0 Å². The molecule has 0 aromatic carbocycles. The average Bonchev–Trinajstić information content (AvgIpc) is 2.13. The maximum absolute atomic E-state index is 10.7. The molecule has 0 aromatic heterocycles. The summed E-state index contributed by atoms with van der Waals surface area (Å²) in [4.78, 5) is 21.0. The van der Waals surface area contributed by atoms with E-state index in [4.69, 9.17) is 0 Å².